The number of carboxylic acids is 1. The molecule has 0 aliphatic carbocycles. The summed E-state index contributed by atoms with van der Waals surface area (Å²) < 4.78 is 13.9. The Morgan fingerprint density at radius 3 is 2.81 bits per heavy atom. The molecule has 0 spiro atoms. The van der Waals surface area contributed by atoms with Crippen molar-refractivity contribution in [1.82, 2.24) is 4.90 Å². The van der Waals surface area contributed by atoms with Crippen LogP contribution in [0.5, 0.6) is 0 Å². The smallest absolute Gasteiger partial charge is 0.308 e. The highest BCUT2D eigenvalue weighted by Crippen LogP contribution is 2.24. The molecule has 1 aromatic carbocycles. The van der Waals surface area contributed by atoms with Crippen molar-refractivity contribution in [1.29, 1.82) is 0 Å². The Bertz CT molecular complexity index is 564. The van der Waals surface area contributed by atoms with Crippen LogP contribution in [0.2, 0.25) is 0 Å². The molecule has 1 amide bonds. The van der Waals surface area contributed by atoms with E-state index in [-0.39, 0.29) is 24.8 Å². The van der Waals surface area contributed by atoms with Crippen molar-refractivity contribution in [2.24, 2.45) is 11.8 Å². The minimum absolute atomic E-state index is 0.0669. The summed E-state index contributed by atoms with van der Waals surface area (Å²) in [6.45, 7) is 2.72. The van der Waals surface area contributed by atoms with E-state index >= 15 is 0 Å². The zero-order chi connectivity index (χ0) is 15.6. The highest BCUT2D eigenvalue weighted by Gasteiger charge is 2.31. The van der Waals surface area contributed by atoms with Gasteiger partial charge in [-0.15, -0.1) is 0 Å². The molecule has 0 bridgehead atoms. The van der Waals surface area contributed by atoms with Gasteiger partial charge in [-0.1, -0.05) is 22.9 Å². The van der Waals surface area contributed by atoms with Gasteiger partial charge in [0.05, 0.1) is 12.3 Å². The van der Waals surface area contributed by atoms with Gasteiger partial charge in [-0.05, 0) is 36.1 Å². The van der Waals surface area contributed by atoms with Crippen LogP contribution in [0.4, 0.5) is 4.39 Å². The Hall–Kier alpha value is -1.43. The van der Waals surface area contributed by atoms with Crippen LogP contribution in [-0.2, 0) is 16.0 Å². The monoisotopic (exact) mass is 357 g/mol. The Morgan fingerprint density at radius 1 is 1.43 bits per heavy atom. The topological polar surface area (TPSA) is 57.6 Å². The number of hydrogen-bond donors (Lipinski definition) is 1. The lowest BCUT2D eigenvalue weighted by Crippen LogP contribution is -2.46. The van der Waals surface area contributed by atoms with Gasteiger partial charge >= 0.3 is 5.97 Å². The quantitative estimate of drug-likeness (QED) is 0.904. The van der Waals surface area contributed by atoms with Gasteiger partial charge < -0.3 is 10.0 Å². The molecule has 1 N–H and O–H groups in total. The second kappa shape index (κ2) is 6.56. The maximum Gasteiger partial charge on any atom is 0.308 e. The second-order valence-electron chi connectivity index (χ2n) is 5.59. The summed E-state index contributed by atoms with van der Waals surface area (Å²) >= 11 is 3.30. The van der Waals surface area contributed by atoms with Crippen LogP contribution < -0.4 is 0 Å². The average molecular weight is 358 g/mol. The van der Waals surface area contributed by atoms with Gasteiger partial charge in [0.2, 0.25) is 5.91 Å². The first-order valence-corrected chi connectivity index (χ1v) is 7.60. The molecule has 2 unspecified atom stereocenters. The second-order valence-corrected chi connectivity index (χ2v) is 6.44. The number of hydrogen-bond acceptors (Lipinski definition) is 2. The number of piperidine rings is 1. The fraction of sp³-hybridized carbons (Fsp3) is 0.467. The van der Waals surface area contributed by atoms with Crippen LogP contribution in [0, 0.1) is 17.7 Å². The van der Waals surface area contributed by atoms with E-state index < -0.39 is 17.7 Å². The average Bonchev–Trinajstić information content (AvgIpc) is 2.42. The van der Waals surface area contributed by atoms with E-state index in [1.54, 1.807) is 11.0 Å². The number of carbonyl (C=O) groups excluding carboxylic acids is 1. The van der Waals surface area contributed by atoms with E-state index in [0.29, 0.717) is 23.0 Å². The molecular formula is C15H17BrFNO3. The van der Waals surface area contributed by atoms with Gasteiger partial charge in [0.15, 0.2) is 0 Å². The van der Waals surface area contributed by atoms with E-state index in [9.17, 15) is 14.0 Å². The number of halogens is 2. The molecular weight excluding hydrogens is 341 g/mol. The number of carbonyl (C=O) groups is 2. The van der Waals surface area contributed by atoms with E-state index in [4.69, 9.17) is 5.11 Å². The number of carboxylic acid groups (broad SMARTS) is 1. The van der Waals surface area contributed by atoms with Crippen molar-refractivity contribution in [2.45, 2.75) is 19.8 Å². The Kier molecular flexibility index (Phi) is 4.98. The lowest BCUT2D eigenvalue weighted by atomic mass is 9.90. The van der Waals surface area contributed by atoms with Crippen molar-refractivity contribution in [3.05, 3.63) is 34.1 Å². The molecule has 4 nitrogen and oxygen atoms in total. The Labute approximate surface area is 131 Å². The van der Waals surface area contributed by atoms with Crippen molar-refractivity contribution in [3.63, 3.8) is 0 Å². The maximum absolute atomic E-state index is 13.2. The summed E-state index contributed by atoms with van der Waals surface area (Å²) in [7, 11) is 0. The largest absolute Gasteiger partial charge is 0.481 e. The number of aliphatic carboxylic acids is 1. The number of benzene rings is 1. The van der Waals surface area contributed by atoms with E-state index in [1.807, 2.05) is 6.92 Å². The van der Waals surface area contributed by atoms with Crippen molar-refractivity contribution < 1.29 is 19.1 Å². The van der Waals surface area contributed by atoms with Gasteiger partial charge in [0.1, 0.15) is 5.82 Å². The molecule has 1 saturated heterocycles. The molecule has 6 heteroatoms. The minimum atomic E-state index is -0.869. The predicted octanol–water partition coefficient (Wildman–Crippen LogP) is 2.70. The SMILES string of the molecule is CC1CC(C(=O)O)CN(C(=O)Cc2cc(F)ccc2Br)C1. The lowest BCUT2D eigenvalue weighted by molar-refractivity contribution is -0.146. The molecule has 1 aliphatic rings. The third-order valence-electron chi connectivity index (χ3n) is 3.71. The number of rotatable bonds is 3. The first-order chi connectivity index (χ1) is 9.86. The fourth-order valence-electron chi connectivity index (χ4n) is 2.69. The van der Waals surface area contributed by atoms with Crippen LogP contribution in [0.25, 0.3) is 0 Å². The Morgan fingerprint density at radius 2 is 2.14 bits per heavy atom. The summed E-state index contributed by atoms with van der Waals surface area (Å²) in [5.41, 5.74) is 0.574. The highest BCUT2D eigenvalue weighted by atomic mass is 79.9. The number of likely N-dealkylation sites (tertiary alicyclic amines) is 1. The third kappa shape index (κ3) is 4.03. The number of nitrogens with zero attached hydrogens (tertiary/aromatic N) is 1. The highest BCUT2D eigenvalue weighted by molar-refractivity contribution is 9.10. The first-order valence-electron chi connectivity index (χ1n) is 6.81. The van der Waals surface area contributed by atoms with Gasteiger partial charge in [-0.25, -0.2) is 4.39 Å². The molecule has 1 heterocycles. The van der Waals surface area contributed by atoms with Crippen LogP contribution in [-0.4, -0.2) is 35.0 Å². The zero-order valence-corrected chi connectivity index (χ0v) is 13.3. The van der Waals surface area contributed by atoms with Crippen molar-refractivity contribution in [2.75, 3.05) is 13.1 Å². The van der Waals surface area contributed by atoms with E-state index in [1.165, 1.54) is 12.1 Å². The van der Waals surface area contributed by atoms with Gasteiger partial charge in [0, 0.05) is 17.6 Å². The van der Waals surface area contributed by atoms with Gasteiger partial charge in [0.25, 0.3) is 0 Å². The summed E-state index contributed by atoms with van der Waals surface area (Å²) in [6, 6.07) is 4.21. The van der Waals surface area contributed by atoms with Crippen molar-refractivity contribution >= 4 is 27.8 Å². The minimum Gasteiger partial charge on any atom is -0.481 e. The van der Waals surface area contributed by atoms with Crippen LogP contribution in [0.3, 0.4) is 0 Å². The molecule has 2 atom stereocenters. The standard InChI is InChI=1S/C15H17BrFNO3/c1-9-4-11(15(20)21)8-18(7-9)14(19)6-10-5-12(17)2-3-13(10)16/h2-3,5,9,11H,4,6-8H2,1H3,(H,20,21). The van der Waals surface area contributed by atoms with Gasteiger partial charge in [-0.3, -0.25) is 9.59 Å². The first kappa shape index (κ1) is 15.9. The van der Waals surface area contributed by atoms with Gasteiger partial charge in [-0.2, -0.15) is 0 Å². The molecule has 0 saturated carbocycles. The molecule has 1 aliphatic heterocycles. The predicted molar refractivity (Wildman–Crippen MR) is 79.3 cm³/mol. The number of amides is 1. The molecule has 0 aromatic heterocycles. The van der Waals surface area contributed by atoms with E-state index in [0.717, 1.165) is 0 Å². The molecule has 1 aromatic rings. The summed E-state index contributed by atoms with van der Waals surface area (Å²) in [4.78, 5) is 25.0. The molecule has 114 valence electrons. The van der Waals surface area contributed by atoms with Crippen LogP contribution >= 0.6 is 15.9 Å². The molecule has 1 fully saturated rings. The zero-order valence-electron chi connectivity index (χ0n) is 11.7. The Balaban J connectivity index is 2.08. The fourth-order valence-corrected chi connectivity index (χ4v) is 3.07. The summed E-state index contributed by atoms with van der Waals surface area (Å²) in [5.74, 6) is -1.80. The summed E-state index contributed by atoms with van der Waals surface area (Å²) in [5, 5.41) is 9.13. The third-order valence-corrected chi connectivity index (χ3v) is 4.48. The van der Waals surface area contributed by atoms with E-state index in [2.05, 4.69) is 15.9 Å². The summed E-state index contributed by atoms with van der Waals surface area (Å²) in [6.07, 6.45) is 0.653. The maximum atomic E-state index is 13.2. The molecule has 2 rings (SSSR count). The lowest BCUT2D eigenvalue weighted by Gasteiger charge is -2.34. The molecule has 0 radical (unpaired) electrons. The van der Waals surface area contributed by atoms with Crippen molar-refractivity contribution in [3.8, 4) is 0 Å². The van der Waals surface area contributed by atoms with Crippen LogP contribution in [0.15, 0.2) is 22.7 Å². The molecule has 21 heavy (non-hydrogen) atoms. The normalized spacial score (nSPS) is 22.1. The van der Waals surface area contributed by atoms with Crippen LogP contribution in [0.1, 0.15) is 18.9 Å².